The molecule has 0 saturated carbocycles. The molecule has 112 valence electrons. The highest BCUT2D eigenvalue weighted by molar-refractivity contribution is 5.49. The van der Waals surface area contributed by atoms with Crippen LogP contribution in [-0.4, -0.2) is 16.5 Å². The number of nitrogens with one attached hydrogen (secondary N) is 1. The molecule has 0 amide bonds. The van der Waals surface area contributed by atoms with E-state index in [1.54, 1.807) is 0 Å². The minimum atomic E-state index is 0.620. The van der Waals surface area contributed by atoms with Gasteiger partial charge in [0.2, 0.25) is 5.88 Å². The van der Waals surface area contributed by atoms with Gasteiger partial charge < -0.3 is 10.1 Å². The second-order valence-corrected chi connectivity index (χ2v) is 5.08. The van der Waals surface area contributed by atoms with Crippen LogP contribution >= 0.6 is 0 Å². The molecule has 1 heterocycles. The fraction of sp³-hybridized carbons (Fsp3) is 0.412. The summed E-state index contributed by atoms with van der Waals surface area (Å²) in [4.78, 5) is 8.86. The largest absolute Gasteiger partial charge is 0.439 e. The van der Waals surface area contributed by atoms with E-state index in [0.717, 1.165) is 36.5 Å². The van der Waals surface area contributed by atoms with Crippen molar-refractivity contribution in [2.24, 2.45) is 0 Å². The molecule has 0 fully saturated rings. The molecular formula is C17H23N3O. The third kappa shape index (κ3) is 3.94. The van der Waals surface area contributed by atoms with Crippen molar-refractivity contribution >= 4 is 5.82 Å². The van der Waals surface area contributed by atoms with E-state index in [4.69, 9.17) is 4.74 Å². The van der Waals surface area contributed by atoms with Crippen LogP contribution < -0.4 is 10.1 Å². The zero-order chi connectivity index (χ0) is 15.2. The van der Waals surface area contributed by atoms with Crippen molar-refractivity contribution in [2.45, 2.75) is 40.5 Å². The van der Waals surface area contributed by atoms with Gasteiger partial charge >= 0.3 is 0 Å². The van der Waals surface area contributed by atoms with Crippen molar-refractivity contribution < 1.29 is 4.74 Å². The lowest BCUT2D eigenvalue weighted by Gasteiger charge is -2.13. The SMILES string of the molecule is CCCNc1nc(C)nc(Oc2cccc(CC)c2)c1C. The molecule has 0 aliphatic heterocycles. The molecule has 4 heteroatoms. The summed E-state index contributed by atoms with van der Waals surface area (Å²) in [5.74, 6) is 3.00. The van der Waals surface area contributed by atoms with Gasteiger partial charge in [-0.05, 0) is 44.4 Å². The summed E-state index contributed by atoms with van der Waals surface area (Å²) in [7, 11) is 0. The molecule has 2 aromatic rings. The van der Waals surface area contributed by atoms with Crippen LogP contribution in [0.15, 0.2) is 24.3 Å². The number of aromatic nitrogens is 2. The van der Waals surface area contributed by atoms with Gasteiger partial charge in [-0.15, -0.1) is 0 Å². The lowest BCUT2D eigenvalue weighted by Crippen LogP contribution is -2.07. The Balaban J connectivity index is 2.28. The Morgan fingerprint density at radius 3 is 2.67 bits per heavy atom. The molecule has 1 aromatic carbocycles. The maximum absolute atomic E-state index is 5.96. The molecule has 0 bridgehead atoms. The lowest BCUT2D eigenvalue weighted by molar-refractivity contribution is 0.455. The summed E-state index contributed by atoms with van der Waals surface area (Å²) in [6, 6.07) is 8.11. The van der Waals surface area contributed by atoms with Crippen LogP contribution in [0.4, 0.5) is 5.82 Å². The van der Waals surface area contributed by atoms with Gasteiger partial charge in [0.25, 0.3) is 0 Å². The zero-order valence-electron chi connectivity index (χ0n) is 13.2. The van der Waals surface area contributed by atoms with Crippen molar-refractivity contribution in [1.82, 2.24) is 9.97 Å². The Morgan fingerprint density at radius 1 is 1.14 bits per heavy atom. The maximum Gasteiger partial charge on any atom is 0.227 e. The second-order valence-electron chi connectivity index (χ2n) is 5.08. The fourth-order valence-corrected chi connectivity index (χ4v) is 2.06. The van der Waals surface area contributed by atoms with Gasteiger partial charge in [0.05, 0.1) is 5.56 Å². The molecule has 0 atom stereocenters. The third-order valence-corrected chi connectivity index (χ3v) is 3.28. The number of nitrogens with zero attached hydrogens (tertiary/aromatic N) is 2. The predicted octanol–water partition coefficient (Wildman–Crippen LogP) is 4.27. The maximum atomic E-state index is 5.96. The first-order chi connectivity index (χ1) is 10.1. The highest BCUT2D eigenvalue weighted by Gasteiger charge is 2.11. The Morgan fingerprint density at radius 2 is 1.95 bits per heavy atom. The van der Waals surface area contributed by atoms with E-state index in [1.807, 2.05) is 26.0 Å². The topological polar surface area (TPSA) is 47.0 Å². The number of rotatable bonds is 6. The molecule has 0 aliphatic carbocycles. The van der Waals surface area contributed by atoms with Crippen LogP contribution in [-0.2, 0) is 6.42 Å². The second kappa shape index (κ2) is 7.07. The van der Waals surface area contributed by atoms with Crippen LogP contribution in [0.5, 0.6) is 11.6 Å². The van der Waals surface area contributed by atoms with Crippen LogP contribution in [0.1, 0.15) is 37.2 Å². The number of anilines is 1. The third-order valence-electron chi connectivity index (χ3n) is 3.28. The summed E-state index contributed by atoms with van der Waals surface area (Å²) in [5.41, 5.74) is 2.19. The van der Waals surface area contributed by atoms with E-state index in [9.17, 15) is 0 Å². The predicted molar refractivity (Wildman–Crippen MR) is 86.2 cm³/mol. The first kappa shape index (κ1) is 15.3. The molecule has 2 rings (SSSR count). The quantitative estimate of drug-likeness (QED) is 0.861. The van der Waals surface area contributed by atoms with Gasteiger partial charge in [-0.25, -0.2) is 4.98 Å². The smallest absolute Gasteiger partial charge is 0.227 e. The molecule has 4 nitrogen and oxygen atoms in total. The number of hydrogen-bond donors (Lipinski definition) is 1. The van der Waals surface area contributed by atoms with E-state index >= 15 is 0 Å². The monoisotopic (exact) mass is 285 g/mol. The molecular weight excluding hydrogens is 262 g/mol. The van der Waals surface area contributed by atoms with E-state index in [-0.39, 0.29) is 0 Å². The van der Waals surface area contributed by atoms with Crippen molar-refractivity contribution in [3.8, 4) is 11.6 Å². The average Bonchev–Trinajstić information content (AvgIpc) is 2.49. The molecule has 0 unspecified atom stereocenters. The van der Waals surface area contributed by atoms with Gasteiger partial charge in [0, 0.05) is 6.54 Å². The Hall–Kier alpha value is -2.10. The fourth-order valence-electron chi connectivity index (χ4n) is 2.06. The Kier molecular flexibility index (Phi) is 5.14. The van der Waals surface area contributed by atoms with Gasteiger partial charge in [-0.3, -0.25) is 0 Å². The summed E-state index contributed by atoms with van der Waals surface area (Å²) >= 11 is 0. The van der Waals surface area contributed by atoms with Crippen LogP contribution in [0.2, 0.25) is 0 Å². The molecule has 21 heavy (non-hydrogen) atoms. The Bertz CT molecular complexity index is 611. The molecule has 0 aliphatic rings. The summed E-state index contributed by atoms with van der Waals surface area (Å²) < 4.78 is 5.96. The summed E-state index contributed by atoms with van der Waals surface area (Å²) in [6.45, 7) is 9.01. The van der Waals surface area contributed by atoms with Crippen molar-refractivity contribution in [1.29, 1.82) is 0 Å². The number of benzene rings is 1. The molecule has 0 saturated heterocycles. The normalized spacial score (nSPS) is 10.5. The van der Waals surface area contributed by atoms with Crippen molar-refractivity contribution in [2.75, 3.05) is 11.9 Å². The minimum absolute atomic E-state index is 0.620. The number of hydrogen-bond acceptors (Lipinski definition) is 4. The van der Waals surface area contributed by atoms with Crippen LogP contribution in [0.25, 0.3) is 0 Å². The number of ether oxygens (including phenoxy) is 1. The first-order valence-corrected chi connectivity index (χ1v) is 7.50. The molecule has 1 aromatic heterocycles. The minimum Gasteiger partial charge on any atom is -0.439 e. The molecule has 0 spiro atoms. The van der Waals surface area contributed by atoms with E-state index in [1.165, 1.54) is 5.56 Å². The summed E-state index contributed by atoms with van der Waals surface area (Å²) in [5, 5.41) is 3.32. The van der Waals surface area contributed by atoms with Crippen LogP contribution in [0.3, 0.4) is 0 Å². The van der Waals surface area contributed by atoms with Gasteiger partial charge in [-0.1, -0.05) is 26.0 Å². The van der Waals surface area contributed by atoms with Crippen molar-refractivity contribution in [3.63, 3.8) is 0 Å². The first-order valence-electron chi connectivity index (χ1n) is 7.50. The molecule has 1 N–H and O–H groups in total. The van der Waals surface area contributed by atoms with Gasteiger partial charge in [0.15, 0.2) is 0 Å². The van der Waals surface area contributed by atoms with Crippen molar-refractivity contribution in [3.05, 3.63) is 41.2 Å². The zero-order valence-corrected chi connectivity index (χ0v) is 13.2. The highest BCUT2D eigenvalue weighted by atomic mass is 16.5. The standard InChI is InChI=1S/C17H23N3O/c1-5-10-18-16-12(3)17(20-13(4)19-16)21-15-9-7-8-14(6-2)11-15/h7-9,11H,5-6,10H2,1-4H3,(H,18,19,20). The summed E-state index contributed by atoms with van der Waals surface area (Å²) in [6.07, 6.45) is 2.04. The van der Waals surface area contributed by atoms with Crippen LogP contribution in [0, 0.1) is 13.8 Å². The number of aryl methyl sites for hydroxylation is 2. The van der Waals surface area contributed by atoms with Gasteiger partial charge in [0.1, 0.15) is 17.4 Å². The lowest BCUT2D eigenvalue weighted by atomic mass is 10.2. The highest BCUT2D eigenvalue weighted by Crippen LogP contribution is 2.27. The van der Waals surface area contributed by atoms with Gasteiger partial charge in [-0.2, -0.15) is 4.98 Å². The molecule has 0 radical (unpaired) electrons. The Labute approximate surface area is 126 Å². The van der Waals surface area contributed by atoms with E-state index in [0.29, 0.717) is 11.7 Å². The average molecular weight is 285 g/mol. The van der Waals surface area contributed by atoms with E-state index in [2.05, 4.69) is 41.3 Å². The van der Waals surface area contributed by atoms with E-state index < -0.39 is 0 Å².